The molecular weight excluding hydrogens is 440 g/mol. The third-order valence-electron chi connectivity index (χ3n) is 5.79. The highest BCUT2D eigenvalue weighted by Gasteiger charge is 2.21. The number of nitrogens with one attached hydrogen (secondary N) is 2. The monoisotopic (exact) mass is 465 g/mol. The summed E-state index contributed by atoms with van der Waals surface area (Å²) in [6.07, 6.45) is 3.37. The van der Waals surface area contributed by atoms with Crippen LogP contribution in [-0.4, -0.2) is 34.8 Å². The molecule has 7 nitrogen and oxygen atoms in total. The molecule has 0 aliphatic carbocycles. The van der Waals surface area contributed by atoms with Gasteiger partial charge in [0.05, 0.1) is 11.3 Å². The Morgan fingerprint density at radius 3 is 2.56 bits per heavy atom. The Morgan fingerprint density at radius 2 is 1.85 bits per heavy atom. The molecule has 1 aliphatic heterocycles. The molecule has 1 aliphatic rings. The fraction of sp³-hybridized carbons (Fsp3) is 0.240. The molecule has 4 rings (SSSR count). The van der Waals surface area contributed by atoms with Gasteiger partial charge >= 0.3 is 0 Å². The number of benzene rings is 2. The van der Waals surface area contributed by atoms with Crippen molar-refractivity contribution in [1.82, 2.24) is 9.88 Å². The Labute approximate surface area is 196 Å². The average Bonchev–Trinajstić information content (AvgIpc) is 3.35. The first-order chi connectivity index (χ1) is 16.3. The highest BCUT2D eigenvalue weighted by molar-refractivity contribution is 5.99. The number of halogens is 2. The first-order valence-corrected chi connectivity index (χ1v) is 11.0. The van der Waals surface area contributed by atoms with E-state index in [1.54, 1.807) is 18.2 Å². The number of carbonyl (C=O) groups excluding carboxylic acids is 2. The summed E-state index contributed by atoms with van der Waals surface area (Å²) in [6, 6.07) is 10.9. The maximum atomic E-state index is 14.0. The van der Waals surface area contributed by atoms with E-state index in [4.69, 9.17) is 5.73 Å². The molecule has 4 N–H and O–H groups in total. The van der Waals surface area contributed by atoms with Gasteiger partial charge in [-0.25, -0.2) is 13.8 Å². The maximum Gasteiger partial charge on any atom is 0.254 e. The van der Waals surface area contributed by atoms with Gasteiger partial charge < -0.3 is 21.3 Å². The number of nitrogens with zero attached hydrogens (tertiary/aromatic N) is 2. The molecule has 2 amide bonds. The first-order valence-electron chi connectivity index (χ1n) is 11.0. The van der Waals surface area contributed by atoms with Crippen LogP contribution in [0.4, 0.5) is 26.0 Å². The second kappa shape index (κ2) is 9.86. The Bertz CT molecular complexity index is 1240. The number of rotatable bonds is 7. The van der Waals surface area contributed by atoms with Crippen molar-refractivity contribution in [2.45, 2.75) is 26.3 Å². The van der Waals surface area contributed by atoms with Crippen LogP contribution in [0.1, 0.15) is 44.7 Å². The fourth-order valence-electron chi connectivity index (χ4n) is 3.96. The van der Waals surface area contributed by atoms with Crippen molar-refractivity contribution in [2.24, 2.45) is 5.73 Å². The average molecular weight is 466 g/mol. The van der Waals surface area contributed by atoms with Crippen molar-refractivity contribution in [1.29, 1.82) is 0 Å². The quantitative estimate of drug-likeness (QED) is 0.482. The van der Waals surface area contributed by atoms with Crippen LogP contribution in [0.15, 0.2) is 48.7 Å². The molecule has 3 aromatic rings. The topological polar surface area (TPSA) is 100 Å². The van der Waals surface area contributed by atoms with E-state index in [1.165, 1.54) is 18.3 Å². The van der Waals surface area contributed by atoms with Crippen LogP contribution in [-0.2, 0) is 6.54 Å². The van der Waals surface area contributed by atoms with Crippen molar-refractivity contribution in [3.63, 3.8) is 0 Å². The van der Waals surface area contributed by atoms with E-state index in [0.717, 1.165) is 37.6 Å². The van der Waals surface area contributed by atoms with Gasteiger partial charge in [-0.15, -0.1) is 0 Å². The minimum atomic E-state index is -0.956. The van der Waals surface area contributed by atoms with Crippen molar-refractivity contribution in [2.75, 3.05) is 23.7 Å². The van der Waals surface area contributed by atoms with E-state index in [1.807, 2.05) is 17.9 Å². The van der Waals surface area contributed by atoms with Gasteiger partial charge in [-0.3, -0.25) is 9.59 Å². The van der Waals surface area contributed by atoms with Crippen molar-refractivity contribution >= 4 is 29.0 Å². The van der Waals surface area contributed by atoms with Crippen molar-refractivity contribution in [3.05, 3.63) is 82.5 Å². The number of primary amides is 1. The molecule has 2 heterocycles. The minimum absolute atomic E-state index is 0.0292. The van der Waals surface area contributed by atoms with Gasteiger partial charge in [0.25, 0.3) is 11.8 Å². The molecule has 0 atom stereocenters. The van der Waals surface area contributed by atoms with Gasteiger partial charge in [-0.1, -0.05) is 12.1 Å². The van der Waals surface area contributed by atoms with Gasteiger partial charge in [0.15, 0.2) is 11.6 Å². The van der Waals surface area contributed by atoms with Crippen LogP contribution in [0.25, 0.3) is 0 Å². The molecule has 2 aromatic carbocycles. The first kappa shape index (κ1) is 23.2. The lowest BCUT2D eigenvalue weighted by molar-refractivity contribution is 0.0792. The lowest BCUT2D eigenvalue weighted by Crippen LogP contribution is -2.28. The zero-order valence-corrected chi connectivity index (χ0v) is 18.7. The van der Waals surface area contributed by atoms with Crippen molar-refractivity contribution < 1.29 is 18.4 Å². The molecule has 0 radical (unpaired) electrons. The van der Waals surface area contributed by atoms with Crippen LogP contribution in [0, 0.1) is 18.6 Å². The van der Waals surface area contributed by atoms with Crippen LogP contribution < -0.4 is 16.4 Å². The number of anilines is 3. The van der Waals surface area contributed by atoms with Gasteiger partial charge in [0, 0.05) is 48.7 Å². The zero-order valence-electron chi connectivity index (χ0n) is 18.7. The molecule has 34 heavy (non-hydrogen) atoms. The second-order valence-electron chi connectivity index (χ2n) is 8.20. The molecule has 0 bridgehead atoms. The summed E-state index contributed by atoms with van der Waals surface area (Å²) in [5, 5.41) is 6.08. The summed E-state index contributed by atoms with van der Waals surface area (Å²) in [6.45, 7) is 3.38. The number of aryl methyl sites for hydroxylation is 1. The van der Waals surface area contributed by atoms with E-state index in [9.17, 15) is 18.4 Å². The number of likely N-dealkylation sites (tertiary alicyclic amines) is 1. The molecular formula is C25H25F2N5O2. The third kappa shape index (κ3) is 4.98. The highest BCUT2D eigenvalue weighted by Crippen LogP contribution is 2.25. The number of aromatic nitrogens is 1. The molecule has 9 heteroatoms. The summed E-state index contributed by atoms with van der Waals surface area (Å²) in [7, 11) is 0. The van der Waals surface area contributed by atoms with Crippen LogP contribution >= 0.6 is 0 Å². The number of pyridine rings is 1. The Hall–Kier alpha value is -4.01. The Morgan fingerprint density at radius 1 is 1.09 bits per heavy atom. The molecule has 0 saturated carbocycles. The summed E-state index contributed by atoms with van der Waals surface area (Å²) in [5.41, 5.74) is 8.19. The Kier molecular flexibility index (Phi) is 6.72. The fourth-order valence-corrected chi connectivity index (χ4v) is 3.96. The van der Waals surface area contributed by atoms with E-state index < -0.39 is 17.5 Å². The zero-order chi connectivity index (χ0) is 24.2. The maximum absolute atomic E-state index is 14.0. The van der Waals surface area contributed by atoms with Gasteiger partial charge in [-0.2, -0.15) is 0 Å². The van der Waals surface area contributed by atoms with E-state index in [0.29, 0.717) is 22.8 Å². The predicted octanol–water partition coefficient (Wildman–Crippen LogP) is 4.36. The number of carbonyl (C=O) groups is 2. The smallest absolute Gasteiger partial charge is 0.254 e. The Balaban J connectivity index is 1.53. The molecule has 1 saturated heterocycles. The highest BCUT2D eigenvalue weighted by atomic mass is 19.2. The van der Waals surface area contributed by atoms with Gasteiger partial charge in [0.2, 0.25) is 0 Å². The predicted molar refractivity (Wildman–Crippen MR) is 126 cm³/mol. The largest absolute Gasteiger partial charge is 0.380 e. The standard InChI is InChI=1S/C25H25F2N5O2/c1-15-11-17(7-8-18(15)25(34)32-9-2-3-10-32)31-22-12-21(19(14-30-22)24(28)33)29-13-16-5-4-6-20(26)23(16)27/h4-8,11-12,14H,2-3,9-10,13H2,1H3,(H2,28,33)(H2,29,30,31). The number of hydrogen-bond acceptors (Lipinski definition) is 5. The minimum Gasteiger partial charge on any atom is -0.380 e. The molecule has 1 aromatic heterocycles. The molecule has 0 spiro atoms. The van der Waals surface area contributed by atoms with E-state index >= 15 is 0 Å². The third-order valence-corrected chi connectivity index (χ3v) is 5.79. The summed E-state index contributed by atoms with van der Waals surface area (Å²) in [4.78, 5) is 30.6. The lowest BCUT2D eigenvalue weighted by atomic mass is 10.1. The SMILES string of the molecule is Cc1cc(Nc2cc(NCc3cccc(F)c3F)c(C(N)=O)cn2)ccc1C(=O)N1CCCC1. The van der Waals surface area contributed by atoms with E-state index in [-0.39, 0.29) is 23.6 Å². The van der Waals surface area contributed by atoms with Crippen LogP contribution in [0.3, 0.4) is 0 Å². The molecule has 1 fully saturated rings. The van der Waals surface area contributed by atoms with Crippen molar-refractivity contribution in [3.8, 4) is 0 Å². The number of amides is 2. The summed E-state index contributed by atoms with van der Waals surface area (Å²) in [5.74, 6) is -2.18. The summed E-state index contributed by atoms with van der Waals surface area (Å²) >= 11 is 0. The second-order valence-corrected chi connectivity index (χ2v) is 8.20. The molecule has 0 unspecified atom stereocenters. The lowest BCUT2D eigenvalue weighted by Gasteiger charge is -2.17. The van der Waals surface area contributed by atoms with E-state index in [2.05, 4.69) is 15.6 Å². The number of hydrogen-bond donors (Lipinski definition) is 3. The summed E-state index contributed by atoms with van der Waals surface area (Å²) < 4.78 is 27.5. The van der Waals surface area contributed by atoms with Crippen LogP contribution in [0.5, 0.6) is 0 Å². The molecule has 176 valence electrons. The van der Waals surface area contributed by atoms with Crippen LogP contribution in [0.2, 0.25) is 0 Å². The van der Waals surface area contributed by atoms with Gasteiger partial charge in [0.1, 0.15) is 5.82 Å². The normalized spacial score (nSPS) is 13.1. The van der Waals surface area contributed by atoms with Gasteiger partial charge in [-0.05, 0) is 49.6 Å². The number of nitrogens with two attached hydrogens (primary N) is 1.